The summed E-state index contributed by atoms with van der Waals surface area (Å²) in [7, 11) is 0. The molecule has 1 nitrogen and oxygen atoms in total. The van der Waals surface area contributed by atoms with Crippen molar-refractivity contribution in [2.45, 2.75) is 0 Å². The molecule has 0 N–H and O–H groups in total. The van der Waals surface area contributed by atoms with E-state index in [1.165, 1.54) is 0 Å². The van der Waals surface area contributed by atoms with Crippen molar-refractivity contribution in [3.63, 3.8) is 0 Å². The molecule has 0 heterocycles. The van der Waals surface area contributed by atoms with Crippen molar-refractivity contribution in [3.05, 3.63) is 0 Å². The van der Waals surface area contributed by atoms with E-state index < -0.39 is 0 Å². The van der Waals surface area contributed by atoms with Gasteiger partial charge in [0.15, 0.2) is 0 Å². The molecule has 0 saturated carbocycles. The minimum absolute atomic E-state index is 0. The summed E-state index contributed by atoms with van der Waals surface area (Å²) >= 11 is 0.500. The zero-order valence-electron chi connectivity index (χ0n) is 1.88. The van der Waals surface area contributed by atoms with E-state index in [0.717, 1.165) is 0 Å². The van der Waals surface area contributed by atoms with E-state index in [4.69, 9.17) is 3.25 Å². The number of hydrogen-bond acceptors (Lipinski definition) is 1. The molecular formula is H2NbNiOPb. The van der Waals surface area contributed by atoms with Crippen LogP contribution in [-0.4, -0.2) is 27.3 Å². The first-order valence-electron chi connectivity index (χ1n) is 0.183. The molecule has 0 aliphatic carbocycles. The third-order valence-electron chi connectivity index (χ3n) is 0. The van der Waals surface area contributed by atoms with Gasteiger partial charge >= 0.3 is 51.6 Å². The van der Waals surface area contributed by atoms with Gasteiger partial charge in [0.05, 0.1) is 0 Å². The number of rotatable bonds is 0. The number of hydrogen-bond donors (Lipinski definition) is 0. The van der Waals surface area contributed by atoms with Gasteiger partial charge in [-0.05, 0) is 0 Å². The first-order valence-corrected chi connectivity index (χ1v) is 1.08. The fourth-order valence-corrected chi connectivity index (χ4v) is 0. The molecule has 4 heteroatoms. The zero-order valence-corrected chi connectivity index (χ0v) is 10.6. The van der Waals surface area contributed by atoms with E-state index >= 15 is 0 Å². The summed E-state index contributed by atoms with van der Waals surface area (Å²) in [5.41, 5.74) is 0. The molecule has 0 amide bonds. The fraction of sp³-hybridized carbons (Fsp3) is 0. The molecular weight excluding hydrogens is 375 g/mol. The third kappa shape index (κ3) is 9.04. The van der Waals surface area contributed by atoms with Crippen LogP contribution in [-0.2, 0) is 40.8 Å². The van der Waals surface area contributed by atoms with Crippen LogP contribution in [0.1, 0.15) is 0 Å². The summed E-state index contributed by atoms with van der Waals surface area (Å²) in [5.74, 6) is 0. The second-order valence-corrected chi connectivity index (χ2v) is 0. The van der Waals surface area contributed by atoms with Crippen molar-refractivity contribution >= 4 is 27.3 Å². The van der Waals surface area contributed by atoms with Crippen LogP contribution in [0.15, 0.2) is 0 Å². The molecule has 0 saturated heterocycles. The monoisotopic (exact) mass is 377 g/mol. The van der Waals surface area contributed by atoms with Gasteiger partial charge in [0.2, 0.25) is 0 Å². The quantitative estimate of drug-likeness (QED) is 0.494. The van der Waals surface area contributed by atoms with Gasteiger partial charge in [-0.3, -0.25) is 0 Å². The van der Waals surface area contributed by atoms with Crippen molar-refractivity contribution in [2.75, 3.05) is 0 Å². The summed E-state index contributed by atoms with van der Waals surface area (Å²) in [6.07, 6.45) is 0. The Kier molecular flexibility index (Phi) is 84.9. The molecule has 0 aromatic rings. The third-order valence-corrected chi connectivity index (χ3v) is 0. The molecule has 0 aromatic heterocycles. The van der Waals surface area contributed by atoms with Gasteiger partial charge in [-0.2, -0.15) is 0 Å². The average molecular weight is 377 g/mol. The van der Waals surface area contributed by atoms with Crippen molar-refractivity contribution in [3.8, 4) is 0 Å². The maximum atomic E-state index is 8.30. The summed E-state index contributed by atoms with van der Waals surface area (Å²) in [5, 5.41) is 0. The first-order chi connectivity index (χ1) is 1.00. The standard InChI is InChI=1S/Nb.Ni.O.Pb.2H. The topological polar surface area (TPSA) is 17.1 Å². The van der Waals surface area contributed by atoms with Crippen LogP contribution in [0.2, 0.25) is 0 Å². The van der Waals surface area contributed by atoms with Crippen LogP contribution in [0.4, 0.5) is 0 Å². The maximum absolute atomic E-state index is 8.30. The van der Waals surface area contributed by atoms with Crippen LogP contribution >= 0.6 is 0 Å². The normalized spacial score (nSPS) is 0.750. The fourth-order valence-electron chi connectivity index (χ4n) is 0. The average Bonchev–Trinajstić information content (AvgIpc) is 1.00. The van der Waals surface area contributed by atoms with Gasteiger partial charge in [-0.1, -0.05) is 0 Å². The Hall–Kier alpha value is 1.96. The van der Waals surface area contributed by atoms with Gasteiger partial charge < -0.3 is 0 Å². The van der Waals surface area contributed by atoms with Crippen molar-refractivity contribution in [2.24, 2.45) is 0 Å². The second kappa shape index (κ2) is 20.3. The Morgan fingerprint density at radius 2 is 1.25 bits per heavy atom. The molecule has 0 unspecified atom stereocenters. The predicted molar refractivity (Wildman–Crippen MR) is 9.23 cm³/mol. The molecule has 0 atom stereocenters. The summed E-state index contributed by atoms with van der Waals surface area (Å²) < 4.78 is 8.30. The molecule has 0 aromatic carbocycles. The van der Waals surface area contributed by atoms with Crippen molar-refractivity contribution < 1.29 is 40.8 Å². The Balaban J connectivity index is -0.00000000500. The van der Waals surface area contributed by atoms with E-state index in [1.807, 2.05) is 0 Å². The van der Waals surface area contributed by atoms with Crippen LogP contribution < -0.4 is 0 Å². The molecule has 0 aliphatic heterocycles. The summed E-state index contributed by atoms with van der Waals surface area (Å²) in [6.45, 7) is 0. The molecule has 4 heavy (non-hydrogen) atoms. The van der Waals surface area contributed by atoms with Crippen LogP contribution in [0.3, 0.4) is 0 Å². The molecule has 0 spiro atoms. The molecule has 0 bridgehead atoms. The van der Waals surface area contributed by atoms with E-state index in [-0.39, 0.29) is 43.8 Å². The van der Waals surface area contributed by atoms with E-state index in [1.54, 1.807) is 0 Å². The van der Waals surface area contributed by atoms with Gasteiger partial charge in [0.1, 0.15) is 0 Å². The van der Waals surface area contributed by atoms with Crippen LogP contribution in [0.25, 0.3) is 0 Å². The Labute approximate surface area is 67.2 Å². The Morgan fingerprint density at radius 1 is 1.25 bits per heavy atom. The van der Waals surface area contributed by atoms with Gasteiger partial charge in [-0.15, -0.1) is 0 Å². The van der Waals surface area contributed by atoms with Gasteiger partial charge in [0.25, 0.3) is 0 Å². The summed E-state index contributed by atoms with van der Waals surface area (Å²) in [4.78, 5) is 0. The van der Waals surface area contributed by atoms with Gasteiger partial charge in [0, 0.05) is 16.5 Å². The molecule has 2 radical (unpaired) electrons. The Morgan fingerprint density at radius 3 is 1.25 bits per heavy atom. The zero-order chi connectivity index (χ0) is 2.00. The van der Waals surface area contributed by atoms with E-state index in [2.05, 4.69) is 0 Å². The van der Waals surface area contributed by atoms with E-state index in [9.17, 15) is 0 Å². The molecule has 0 fully saturated rings. The molecule has 0 rings (SSSR count). The summed E-state index contributed by atoms with van der Waals surface area (Å²) in [6, 6.07) is 0. The van der Waals surface area contributed by atoms with Gasteiger partial charge in [-0.25, -0.2) is 0 Å². The van der Waals surface area contributed by atoms with E-state index in [0.29, 0.717) is 21.0 Å². The minimum atomic E-state index is 0. The second-order valence-electron chi connectivity index (χ2n) is 0. The molecule has 0 aliphatic rings. The first kappa shape index (κ1) is 16.7. The van der Waals surface area contributed by atoms with Crippen molar-refractivity contribution in [1.82, 2.24) is 0 Å². The predicted octanol–water partition coefficient (Wildman–Crippen LogP) is -1.04. The van der Waals surface area contributed by atoms with Crippen molar-refractivity contribution in [1.29, 1.82) is 0 Å². The van der Waals surface area contributed by atoms with Crippen LogP contribution in [0.5, 0.6) is 0 Å². The molecule has 27 valence electrons. The SMILES string of the molecule is [Ni].[O]=[Nb].[PbH2]. The Bertz CT molecular complexity index is 8.00. The van der Waals surface area contributed by atoms with Crippen LogP contribution in [0, 0.1) is 0 Å².